The van der Waals surface area contributed by atoms with Crippen LogP contribution in [0.5, 0.6) is 0 Å². The minimum absolute atomic E-state index is 0.432. The molecule has 3 rings (SSSR count). The fourth-order valence-corrected chi connectivity index (χ4v) is 2.40. The van der Waals surface area contributed by atoms with Crippen LogP contribution in [0.15, 0.2) is 30.5 Å². The third-order valence-corrected chi connectivity index (χ3v) is 3.53. The summed E-state index contributed by atoms with van der Waals surface area (Å²) in [5.74, 6) is -0.636. The van der Waals surface area contributed by atoms with Crippen molar-refractivity contribution in [3.63, 3.8) is 0 Å². The highest BCUT2D eigenvalue weighted by Gasteiger charge is 2.29. The number of nitrogens with zero attached hydrogens (tertiary/aromatic N) is 3. The molecule has 1 aromatic carbocycles. The van der Waals surface area contributed by atoms with E-state index in [1.54, 1.807) is 24.0 Å². The number of rotatable bonds is 2. The smallest absolute Gasteiger partial charge is 0.316 e. The quantitative estimate of drug-likeness (QED) is 0.767. The first-order valence-electron chi connectivity index (χ1n) is 6.56. The van der Waals surface area contributed by atoms with E-state index in [-0.39, 0.29) is 0 Å². The topological polar surface area (TPSA) is 93.2 Å². The number of nitrogens with two attached hydrogens (primary N) is 1. The van der Waals surface area contributed by atoms with Gasteiger partial charge in [-0.05, 0) is 6.07 Å². The molecule has 2 aromatic rings. The number of para-hydroxylation sites is 1. The van der Waals surface area contributed by atoms with Crippen LogP contribution in [0.3, 0.4) is 0 Å². The summed E-state index contributed by atoms with van der Waals surface area (Å²) in [4.78, 5) is 25.1. The zero-order chi connectivity index (χ0) is 15.0. The van der Waals surface area contributed by atoms with E-state index in [0.29, 0.717) is 24.6 Å². The molecule has 0 saturated carbocycles. The molecule has 21 heavy (non-hydrogen) atoms. The Labute approximate surface area is 121 Å². The molecule has 1 aromatic heterocycles. The number of aryl methyl sites for hydroxylation is 1. The van der Waals surface area contributed by atoms with E-state index in [1.807, 2.05) is 18.2 Å². The minimum atomic E-state index is -0.588. The lowest BCUT2D eigenvalue weighted by atomic mass is 10.0. The van der Waals surface area contributed by atoms with Gasteiger partial charge in [-0.25, -0.2) is 0 Å². The van der Waals surface area contributed by atoms with Gasteiger partial charge in [0.05, 0.1) is 11.9 Å². The molecule has 1 saturated heterocycles. The molecular formula is C14H15N5O2. The zero-order valence-corrected chi connectivity index (χ0v) is 11.5. The summed E-state index contributed by atoms with van der Waals surface area (Å²) in [5.41, 5.74) is 8.20. The Morgan fingerprint density at radius 1 is 1.24 bits per heavy atom. The molecule has 0 atom stereocenters. The number of nitrogen functional groups attached to an aromatic ring is 1. The van der Waals surface area contributed by atoms with Crippen LogP contribution < -0.4 is 16.0 Å². The number of benzene rings is 1. The Bertz CT molecular complexity index is 722. The molecule has 7 heteroatoms. The number of nitrogens with one attached hydrogen (secondary N) is 1. The molecule has 3 N–H and O–H groups in total. The minimum Gasteiger partial charge on any atom is -0.383 e. The Hall–Kier alpha value is -2.83. The predicted octanol–water partition coefficient (Wildman–Crippen LogP) is 0.132. The second-order valence-corrected chi connectivity index (χ2v) is 4.80. The molecule has 0 radical (unpaired) electrons. The van der Waals surface area contributed by atoms with Crippen molar-refractivity contribution in [2.24, 2.45) is 7.05 Å². The molecular weight excluding hydrogens is 270 g/mol. The maximum absolute atomic E-state index is 12.1. The van der Waals surface area contributed by atoms with Gasteiger partial charge in [0, 0.05) is 31.3 Å². The van der Waals surface area contributed by atoms with Gasteiger partial charge in [0.1, 0.15) is 5.82 Å². The van der Waals surface area contributed by atoms with Crippen molar-refractivity contribution in [3.8, 4) is 11.1 Å². The Kier molecular flexibility index (Phi) is 3.09. The van der Waals surface area contributed by atoms with E-state index in [1.165, 1.54) is 4.90 Å². The van der Waals surface area contributed by atoms with Gasteiger partial charge in [-0.15, -0.1) is 0 Å². The molecule has 0 bridgehead atoms. The van der Waals surface area contributed by atoms with Gasteiger partial charge in [-0.3, -0.25) is 14.3 Å². The maximum atomic E-state index is 12.1. The molecule has 2 amide bonds. The normalized spacial score (nSPS) is 15.2. The largest absolute Gasteiger partial charge is 0.383 e. The van der Waals surface area contributed by atoms with Crippen LogP contribution in [0.4, 0.5) is 11.5 Å². The molecule has 2 heterocycles. The number of piperazine rings is 1. The Morgan fingerprint density at radius 2 is 2.00 bits per heavy atom. The molecule has 0 spiro atoms. The summed E-state index contributed by atoms with van der Waals surface area (Å²) in [7, 11) is 1.75. The highest BCUT2D eigenvalue weighted by atomic mass is 16.2. The van der Waals surface area contributed by atoms with Gasteiger partial charge in [0.15, 0.2) is 0 Å². The Morgan fingerprint density at radius 3 is 2.71 bits per heavy atom. The molecule has 0 unspecified atom stereocenters. The second kappa shape index (κ2) is 4.93. The van der Waals surface area contributed by atoms with Crippen LogP contribution >= 0.6 is 0 Å². The number of carbonyl (C=O) groups excluding carboxylic acids is 2. The lowest BCUT2D eigenvalue weighted by Gasteiger charge is -2.28. The average Bonchev–Trinajstić information content (AvgIpc) is 2.82. The van der Waals surface area contributed by atoms with Crippen molar-refractivity contribution >= 4 is 23.3 Å². The summed E-state index contributed by atoms with van der Waals surface area (Å²) in [6, 6.07) is 7.35. The molecule has 1 aliphatic rings. The highest BCUT2D eigenvalue weighted by molar-refractivity contribution is 6.41. The standard InChI is InChI=1S/C14H15N5O2/c1-18-12(15)10(8-17-18)9-4-2-3-5-11(9)19-7-6-16-13(20)14(19)21/h2-5,8H,6-7,15H2,1H3,(H,16,20). The van der Waals surface area contributed by atoms with Crippen molar-refractivity contribution in [2.75, 3.05) is 23.7 Å². The maximum Gasteiger partial charge on any atom is 0.316 e. The fourth-order valence-electron chi connectivity index (χ4n) is 2.40. The van der Waals surface area contributed by atoms with Crippen LogP contribution in [0.2, 0.25) is 0 Å². The summed E-state index contributed by atoms with van der Waals surface area (Å²) in [6.45, 7) is 0.864. The van der Waals surface area contributed by atoms with E-state index < -0.39 is 11.8 Å². The molecule has 7 nitrogen and oxygen atoms in total. The third kappa shape index (κ3) is 2.12. The monoisotopic (exact) mass is 285 g/mol. The Balaban J connectivity index is 2.10. The van der Waals surface area contributed by atoms with Gasteiger partial charge < -0.3 is 16.0 Å². The van der Waals surface area contributed by atoms with Crippen molar-refractivity contribution in [3.05, 3.63) is 30.5 Å². The number of hydrogen-bond acceptors (Lipinski definition) is 4. The first kappa shape index (κ1) is 13.2. The van der Waals surface area contributed by atoms with Crippen LogP contribution in [-0.2, 0) is 16.6 Å². The third-order valence-electron chi connectivity index (χ3n) is 3.53. The summed E-state index contributed by atoms with van der Waals surface area (Å²) in [5, 5.41) is 6.66. The van der Waals surface area contributed by atoms with Gasteiger partial charge in [-0.1, -0.05) is 18.2 Å². The number of amides is 2. The number of hydrogen-bond donors (Lipinski definition) is 2. The van der Waals surface area contributed by atoms with E-state index in [0.717, 1.165) is 11.1 Å². The van der Waals surface area contributed by atoms with Crippen LogP contribution in [-0.4, -0.2) is 34.7 Å². The molecule has 1 aliphatic heterocycles. The SMILES string of the molecule is Cn1ncc(-c2ccccc2N2CCNC(=O)C2=O)c1N. The van der Waals surface area contributed by atoms with Crippen LogP contribution in [0.1, 0.15) is 0 Å². The highest BCUT2D eigenvalue weighted by Crippen LogP contribution is 2.34. The van der Waals surface area contributed by atoms with Crippen LogP contribution in [0, 0.1) is 0 Å². The lowest BCUT2D eigenvalue weighted by molar-refractivity contribution is -0.138. The van der Waals surface area contributed by atoms with Crippen molar-refractivity contribution in [1.82, 2.24) is 15.1 Å². The first-order valence-corrected chi connectivity index (χ1v) is 6.56. The van der Waals surface area contributed by atoms with Gasteiger partial charge >= 0.3 is 11.8 Å². The molecule has 1 fully saturated rings. The summed E-state index contributed by atoms with van der Waals surface area (Å²) >= 11 is 0. The van der Waals surface area contributed by atoms with Gasteiger partial charge in [-0.2, -0.15) is 5.10 Å². The lowest BCUT2D eigenvalue weighted by Crippen LogP contribution is -2.52. The number of aromatic nitrogens is 2. The van der Waals surface area contributed by atoms with Gasteiger partial charge in [0.25, 0.3) is 0 Å². The predicted molar refractivity (Wildman–Crippen MR) is 78.4 cm³/mol. The van der Waals surface area contributed by atoms with Crippen LogP contribution in [0.25, 0.3) is 11.1 Å². The van der Waals surface area contributed by atoms with Crippen molar-refractivity contribution in [1.29, 1.82) is 0 Å². The van der Waals surface area contributed by atoms with Crippen molar-refractivity contribution in [2.45, 2.75) is 0 Å². The molecule has 0 aliphatic carbocycles. The van der Waals surface area contributed by atoms with Crippen molar-refractivity contribution < 1.29 is 9.59 Å². The fraction of sp³-hybridized carbons (Fsp3) is 0.214. The number of anilines is 2. The van der Waals surface area contributed by atoms with E-state index in [9.17, 15) is 9.59 Å². The zero-order valence-electron chi connectivity index (χ0n) is 11.5. The summed E-state index contributed by atoms with van der Waals surface area (Å²) in [6.07, 6.45) is 1.66. The molecule has 108 valence electrons. The van der Waals surface area contributed by atoms with E-state index >= 15 is 0 Å². The van der Waals surface area contributed by atoms with E-state index in [4.69, 9.17) is 5.73 Å². The second-order valence-electron chi connectivity index (χ2n) is 4.80. The summed E-state index contributed by atoms with van der Waals surface area (Å²) < 4.78 is 1.57. The number of carbonyl (C=O) groups is 2. The van der Waals surface area contributed by atoms with E-state index in [2.05, 4.69) is 10.4 Å². The average molecular weight is 285 g/mol. The van der Waals surface area contributed by atoms with Gasteiger partial charge in [0.2, 0.25) is 0 Å². The first-order chi connectivity index (χ1) is 10.1.